The molecule has 0 spiro atoms. The Labute approximate surface area is 226 Å². The zero-order chi connectivity index (χ0) is 26.6. The summed E-state index contributed by atoms with van der Waals surface area (Å²) in [6.45, 7) is 6.88. The number of piperidine rings is 2. The van der Waals surface area contributed by atoms with Crippen molar-refractivity contribution in [2.24, 2.45) is 11.8 Å². The average molecular weight is 536 g/mol. The third kappa shape index (κ3) is 4.32. The number of nitrogens with zero attached hydrogens (tertiary/aromatic N) is 3. The van der Waals surface area contributed by atoms with Gasteiger partial charge in [0.05, 0.1) is 18.9 Å². The number of carbonyl (C=O) groups excluding carboxylic acids is 1. The van der Waals surface area contributed by atoms with Crippen LogP contribution in [-0.2, 0) is 13.0 Å². The maximum Gasteiger partial charge on any atom is 0.407 e. The van der Waals surface area contributed by atoms with E-state index in [2.05, 4.69) is 34.2 Å². The van der Waals surface area contributed by atoms with Gasteiger partial charge in [-0.15, -0.1) is 11.3 Å². The van der Waals surface area contributed by atoms with Crippen molar-refractivity contribution < 1.29 is 24.2 Å². The van der Waals surface area contributed by atoms with Crippen molar-refractivity contribution in [3.63, 3.8) is 0 Å². The number of benzene rings is 1. The van der Waals surface area contributed by atoms with E-state index in [1.54, 1.807) is 18.4 Å². The van der Waals surface area contributed by atoms with E-state index in [0.29, 0.717) is 44.2 Å². The molecule has 3 aliphatic rings. The lowest BCUT2D eigenvalue weighted by Crippen LogP contribution is -2.55. The first kappa shape index (κ1) is 24.9. The van der Waals surface area contributed by atoms with Crippen molar-refractivity contribution in [1.29, 1.82) is 0 Å². The topological polar surface area (TPSA) is 84.2 Å². The molecule has 38 heavy (non-hydrogen) atoms. The highest BCUT2D eigenvalue weighted by molar-refractivity contribution is 7.13. The van der Waals surface area contributed by atoms with Crippen molar-refractivity contribution in [1.82, 2.24) is 14.4 Å². The molecule has 8 nitrogen and oxygen atoms in total. The number of aromatic nitrogens is 1. The summed E-state index contributed by atoms with van der Waals surface area (Å²) in [7, 11) is 1.66. The van der Waals surface area contributed by atoms with Gasteiger partial charge in [0.2, 0.25) is 0 Å². The van der Waals surface area contributed by atoms with E-state index in [-0.39, 0.29) is 23.8 Å². The minimum absolute atomic E-state index is 0.00170. The number of likely N-dealkylation sites (tertiary alicyclic amines) is 2. The molecule has 2 amide bonds. The second kappa shape index (κ2) is 9.69. The Morgan fingerprint density at radius 1 is 1.03 bits per heavy atom. The molecule has 0 radical (unpaired) electrons. The number of methoxy groups -OCH3 is 1. The summed E-state index contributed by atoms with van der Waals surface area (Å²) in [4.78, 5) is 30.2. The summed E-state index contributed by atoms with van der Waals surface area (Å²) >= 11 is 1.67. The van der Waals surface area contributed by atoms with E-state index >= 15 is 0 Å². The lowest BCUT2D eigenvalue weighted by molar-refractivity contribution is 0.0279. The van der Waals surface area contributed by atoms with E-state index in [9.17, 15) is 14.7 Å². The van der Waals surface area contributed by atoms with E-state index in [1.165, 1.54) is 10.5 Å². The SMILES string of the molecule is COc1cc2c(cc1OC(C)C)-c1c(-c3cccs3)cc(C(=O)N3CC4CC(CN(C(=O)O)C4)C3)n1CC2. The van der Waals surface area contributed by atoms with Crippen LogP contribution in [0.15, 0.2) is 35.7 Å². The van der Waals surface area contributed by atoms with Crippen LogP contribution >= 0.6 is 11.3 Å². The number of amides is 2. The highest BCUT2D eigenvalue weighted by Gasteiger charge is 2.39. The van der Waals surface area contributed by atoms with Crippen molar-refractivity contribution >= 4 is 23.3 Å². The molecule has 9 heteroatoms. The number of rotatable bonds is 5. The van der Waals surface area contributed by atoms with E-state index in [1.807, 2.05) is 24.8 Å². The normalized spacial score (nSPS) is 20.2. The lowest BCUT2D eigenvalue weighted by atomic mass is 9.84. The second-order valence-corrected chi connectivity index (χ2v) is 11.8. The molecule has 6 rings (SSSR count). The Morgan fingerprint density at radius 3 is 2.39 bits per heavy atom. The number of carbonyl (C=O) groups is 2. The lowest BCUT2D eigenvalue weighted by Gasteiger charge is -2.45. The first-order valence-corrected chi connectivity index (χ1v) is 14.1. The van der Waals surface area contributed by atoms with Gasteiger partial charge in [0.25, 0.3) is 5.91 Å². The molecule has 1 N–H and O–H groups in total. The molecule has 2 aromatic heterocycles. The number of fused-ring (bicyclic) bond motifs is 5. The second-order valence-electron chi connectivity index (χ2n) is 10.9. The van der Waals surface area contributed by atoms with Gasteiger partial charge in [-0.1, -0.05) is 6.07 Å². The fraction of sp³-hybridized carbons (Fsp3) is 0.448. The molecule has 2 unspecified atom stereocenters. The van der Waals surface area contributed by atoms with E-state index in [4.69, 9.17) is 9.47 Å². The van der Waals surface area contributed by atoms with Crippen molar-refractivity contribution in [2.75, 3.05) is 33.3 Å². The van der Waals surface area contributed by atoms with Crippen molar-refractivity contribution in [3.8, 4) is 33.2 Å². The maximum atomic E-state index is 14.1. The largest absolute Gasteiger partial charge is 0.493 e. The van der Waals surface area contributed by atoms with Gasteiger partial charge >= 0.3 is 6.09 Å². The first-order chi connectivity index (χ1) is 18.3. The Bertz CT molecular complexity index is 1370. The highest BCUT2D eigenvalue weighted by Crippen LogP contribution is 2.45. The molecule has 2 saturated heterocycles. The van der Waals surface area contributed by atoms with E-state index in [0.717, 1.165) is 40.3 Å². The highest BCUT2D eigenvalue weighted by atomic mass is 32.1. The molecule has 0 aliphatic carbocycles. The minimum atomic E-state index is -0.864. The van der Waals surface area contributed by atoms with Crippen molar-refractivity contribution in [2.45, 2.75) is 39.3 Å². The van der Waals surface area contributed by atoms with Gasteiger partial charge in [-0.2, -0.15) is 0 Å². The molecule has 5 heterocycles. The van der Waals surface area contributed by atoms with Gasteiger partial charge in [-0.25, -0.2) is 4.79 Å². The molecule has 2 bridgehead atoms. The molecule has 3 aromatic rings. The summed E-state index contributed by atoms with van der Waals surface area (Å²) < 4.78 is 13.9. The summed E-state index contributed by atoms with van der Waals surface area (Å²) in [5.41, 5.74) is 5.05. The molecular formula is C29H33N3O5S. The summed E-state index contributed by atoms with van der Waals surface area (Å²) in [6.07, 6.45) is 0.908. The Balaban J connectivity index is 1.41. The molecule has 2 fully saturated rings. The van der Waals surface area contributed by atoms with Crippen LogP contribution < -0.4 is 9.47 Å². The standard InChI is InChI=1S/C29H33N3O5S/c1-17(2)37-25-12-21-20(10-24(25)36-3)6-7-32-23(11-22(27(21)32)26-5-4-8-38-26)28(33)30-13-18-9-19(14-30)16-31(15-18)29(34)35/h4-5,8,10-12,17-19H,6-7,9,13-16H2,1-3H3,(H,34,35). The van der Waals surface area contributed by atoms with Crippen LogP contribution in [0, 0.1) is 11.8 Å². The molecule has 0 saturated carbocycles. The van der Waals surface area contributed by atoms with E-state index < -0.39 is 6.09 Å². The number of aryl methyl sites for hydroxylation is 1. The van der Waals surface area contributed by atoms with Crippen LogP contribution in [0.25, 0.3) is 21.7 Å². The minimum Gasteiger partial charge on any atom is -0.493 e. The number of hydrogen-bond acceptors (Lipinski definition) is 5. The fourth-order valence-corrected chi connectivity index (χ4v) is 7.14. The average Bonchev–Trinajstić information content (AvgIpc) is 3.55. The zero-order valence-electron chi connectivity index (χ0n) is 22.0. The summed E-state index contributed by atoms with van der Waals surface area (Å²) in [6, 6.07) is 10.3. The summed E-state index contributed by atoms with van der Waals surface area (Å²) in [5, 5.41) is 11.5. The Kier molecular flexibility index (Phi) is 6.34. The van der Waals surface area contributed by atoms with Gasteiger partial charge < -0.3 is 28.9 Å². The molecule has 1 aromatic carbocycles. The van der Waals surface area contributed by atoms with Gasteiger partial charge in [-0.05, 0) is 73.7 Å². The Hall–Kier alpha value is -3.46. The van der Waals surface area contributed by atoms with Crippen LogP contribution in [-0.4, -0.2) is 70.9 Å². The maximum absolute atomic E-state index is 14.1. The number of carboxylic acid groups (broad SMARTS) is 1. The van der Waals surface area contributed by atoms with Gasteiger partial charge in [-0.3, -0.25) is 4.79 Å². The smallest absolute Gasteiger partial charge is 0.407 e. The van der Waals surface area contributed by atoms with Gasteiger partial charge in [0.15, 0.2) is 11.5 Å². The molecular weight excluding hydrogens is 502 g/mol. The van der Waals surface area contributed by atoms with Crippen molar-refractivity contribution in [3.05, 3.63) is 47.0 Å². The van der Waals surface area contributed by atoms with Gasteiger partial charge in [0, 0.05) is 48.7 Å². The zero-order valence-corrected chi connectivity index (χ0v) is 22.8. The monoisotopic (exact) mass is 535 g/mol. The van der Waals surface area contributed by atoms with Crippen LogP contribution in [0.4, 0.5) is 4.79 Å². The third-order valence-electron chi connectivity index (χ3n) is 7.85. The Morgan fingerprint density at radius 2 is 1.76 bits per heavy atom. The first-order valence-electron chi connectivity index (χ1n) is 13.2. The van der Waals surface area contributed by atoms with Crippen LogP contribution in [0.5, 0.6) is 11.5 Å². The molecule has 2 atom stereocenters. The molecule has 200 valence electrons. The van der Waals surface area contributed by atoms with Crippen LogP contribution in [0.1, 0.15) is 36.3 Å². The number of thiophene rings is 1. The predicted octanol–water partition coefficient (Wildman–Crippen LogP) is 5.31. The van der Waals surface area contributed by atoms with Crippen LogP contribution in [0.2, 0.25) is 0 Å². The number of ether oxygens (including phenoxy) is 2. The summed E-state index contributed by atoms with van der Waals surface area (Å²) in [5.74, 6) is 1.82. The third-order valence-corrected chi connectivity index (χ3v) is 8.76. The predicted molar refractivity (Wildman–Crippen MR) is 146 cm³/mol. The number of hydrogen-bond donors (Lipinski definition) is 1. The van der Waals surface area contributed by atoms with Crippen LogP contribution in [0.3, 0.4) is 0 Å². The quantitative estimate of drug-likeness (QED) is 0.479. The molecule has 3 aliphatic heterocycles. The fourth-order valence-electron chi connectivity index (χ4n) is 6.40. The van der Waals surface area contributed by atoms with Gasteiger partial charge in [0.1, 0.15) is 5.69 Å².